The Hall–Kier alpha value is -1.11. The van der Waals surface area contributed by atoms with Crippen molar-refractivity contribution in [3.8, 4) is 0 Å². The van der Waals surface area contributed by atoms with Gasteiger partial charge in [0.2, 0.25) is 0 Å². The van der Waals surface area contributed by atoms with E-state index in [2.05, 4.69) is 26.0 Å². The highest BCUT2D eigenvalue weighted by Crippen LogP contribution is 2.15. The highest BCUT2D eigenvalue weighted by molar-refractivity contribution is 5.80. The molecule has 1 aliphatic rings. The fourth-order valence-corrected chi connectivity index (χ4v) is 1.21. The summed E-state index contributed by atoms with van der Waals surface area (Å²) >= 11 is 0. The fraction of sp³-hybridized carbons (Fsp3) is 0.364. The predicted molar refractivity (Wildman–Crippen MR) is 53.6 cm³/mol. The number of hydrogen-bond donors (Lipinski definition) is 1. The van der Waals surface area contributed by atoms with Crippen LogP contribution in [0.15, 0.2) is 34.9 Å². The summed E-state index contributed by atoms with van der Waals surface area (Å²) in [7, 11) is 0. The monoisotopic (exact) mass is 161 g/mol. The van der Waals surface area contributed by atoms with Gasteiger partial charge in [0.05, 0.1) is 0 Å². The van der Waals surface area contributed by atoms with E-state index in [1.165, 1.54) is 17.4 Å². The van der Waals surface area contributed by atoms with Crippen LogP contribution < -0.4 is 0 Å². The number of hydrogen-bond acceptors (Lipinski definition) is 1. The zero-order valence-corrected chi connectivity index (χ0v) is 7.72. The molecule has 0 aromatic carbocycles. The van der Waals surface area contributed by atoms with Gasteiger partial charge in [0.25, 0.3) is 0 Å². The molecule has 1 heteroatoms. The maximum Gasteiger partial charge on any atom is 0.0250 e. The minimum absolute atomic E-state index is 0.992. The molecule has 0 atom stereocenters. The first-order valence-corrected chi connectivity index (χ1v) is 4.27. The van der Waals surface area contributed by atoms with Crippen molar-refractivity contribution in [3.05, 3.63) is 34.9 Å². The summed E-state index contributed by atoms with van der Waals surface area (Å²) in [5.41, 5.74) is 3.74. The van der Waals surface area contributed by atoms with Crippen molar-refractivity contribution in [1.82, 2.24) is 0 Å². The quantitative estimate of drug-likeness (QED) is 0.571. The maximum atomic E-state index is 7.15. The molecular weight excluding hydrogens is 146 g/mol. The molecule has 64 valence electrons. The van der Waals surface area contributed by atoms with Gasteiger partial charge in [-0.1, -0.05) is 29.4 Å². The molecule has 12 heavy (non-hydrogen) atoms. The van der Waals surface area contributed by atoms with Crippen LogP contribution in [-0.2, 0) is 0 Å². The molecule has 0 unspecified atom stereocenters. The molecular formula is C11H15N. The summed E-state index contributed by atoms with van der Waals surface area (Å²) in [6.07, 6.45) is 9.85. The smallest absolute Gasteiger partial charge is 0.0250 e. The van der Waals surface area contributed by atoms with E-state index in [4.69, 9.17) is 5.41 Å². The molecule has 1 rings (SSSR count). The molecule has 0 saturated carbocycles. The number of allylic oxidation sites excluding steroid dienone is 6. The first-order valence-electron chi connectivity index (χ1n) is 4.27. The van der Waals surface area contributed by atoms with Crippen molar-refractivity contribution in [2.75, 3.05) is 0 Å². The second kappa shape index (κ2) is 4.05. The summed E-state index contributed by atoms with van der Waals surface area (Å²) < 4.78 is 0. The lowest BCUT2D eigenvalue weighted by atomic mass is 10.0. The largest absolute Gasteiger partial charge is 0.308 e. The van der Waals surface area contributed by atoms with Crippen LogP contribution >= 0.6 is 0 Å². The molecule has 1 N–H and O–H groups in total. The predicted octanol–water partition coefficient (Wildman–Crippen LogP) is 3.25. The Kier molecular flexibility index (Phi) is 3.03. The molecule has 0 bridgehead atoms. The summed E-state index contributed by atoms with van der Waals surface area (Å²) in [5, 5.41) is 7.15. The summed E-state index contributed by atoms with van der Waals surface area (Å²) in [5.74, 6) is 0. The van der Waals surface area contributed by atoms with Gasteiger partial charge in [0.15, 0.2) is 0 Å². The number of rotatable bonds is 1. The zero-order chi connectivity index (χ0) is 8.97. The Bertz CT molecular complexity index is 267. The molecule has 0 spiro atoms. The van der Waals surface area contributed by atoms with Gasteiger partial charge in [0, 0.05) is 6.21 Å². The number of nitrogens with one attached hydrogen (secondary N) is 1. The molecule has 0 radical (unpaired) electrons. The fourth-order valence-electron chi connectivity index (χ4n) is 1.21. The van der Waals surface area contributed by atoms with E-state index in [0.717, 1.165) is 18.4 Å². The molecule has 0 aromatic heterocycles. The van der Waals surface area contributed by atoms with E-state index in [1.54, 1.807) is 0 Å². The minimum Gasteiger partial charge on any atom is -0.308 e. The zero-order valence-electron chi connectivity index (χ0n) is 7.72. The first-order chi connectivity index (χ1) is 5.72. The standard InChI is InChI=1S/C11H15N/c1-9-3-4-10(2)7-11(8-12)6-5-9/h5-8,12H,3-4H2,1-2H3. The Labute approximate surface area is 74.0 Å². The van der Waals surface area contributed by atoms with Gasteiger partial charge in [-0.2, -0.15) is 0 Å². The second-order valence-corrected chi connectivity index (χ2v) is 3.31. The summed E-state index contributed by atoms with van der Waals surface area (Å²) in [4.78, 5) is 0. The SMILES string of the molecule is CC1=CC=C(C=N)C=C(C)CC1. The molecule has 0 amide bonds. The van der Waals surface area contributed by atoms with E-state index in [1.807, 2.05) is 6.08 Å². The van der Waals surface area contributed by atoms with Gasteiger partial charge in [0.1, 0.15) is 0 Å². The van der Waals surface area contributed by atoms with Crippen molar-refractivity contribution in [1.29, 1.82) is 5.41 Å². The third-order valence-electron chi connectivity index (χ3n) is 2.05. The lowest BCUT2D eigenvalue weighted by Crippen LogP contribution is -1.88. The van der Waals surface area contributed by atoms with Crippen LogP contribution in [0.3, 0.4) is 0 Å². The van der Waals surface area contributed by atoms with Crippen molar-refractivity contribution >= 4 is 6.21 Å². The highest BCUT2D eigenvalue weighted by atomic mass is 14.3. The van der Waals surface area contributed by atoms with E-state index < -0.39 is 0 Å². The van der Waals surface area contributed by atoms with Crippen LogP contribution in [0.25, 0.3) is 0 Å². The first kappa shape index (κ1) is 8.98. The summed E-state index contributed by atoms with van der Waals surface area (Å²) in [6, 6.07) is 0. The topological polar surface area (TPSA) is 23.9 Å². The molecule has 1 aliphatic carbocycles. The lowest BCUT2D eigenvalue weighted by molar-refractivity contribution is 0.920. The van der Waals surface area contributed by atoms with Gasteiger partial charge < -0.3 is 5.41 Å². The van der Waals surface area contributed by atoms with Crippen LogP contribution in [0.5, 0.6) is 0 Å². The molecule has 0 aromatic rings. The van der Waals surface area contributed by atoms with Gasteiger partial charge >= 0.3 is 0 Å². The van der Waals surface area contributed by atoms with Gasteiger partial charge in [-0.25, -0.2) is 0 Å². The maximum absolute atomic E-state index is 7.15. The van der Waals surface area contributed by atoms with Crippen molar-refractivity contribution in [2.24, 2.45) is 0 Å². The molecule has 0 aliphatic heterocycles. The lowest BCUT2D eigenvalue weighted by Gasteiger charge is -2.05. The van der Waals surface area contributed by atoms with Crippen molar-refractivity contribution < 1.29 is 0 Å². The van der Waals surface area contributed by atoms with Gasteiger partial charge in [-0.15, -0.1) is 0 Å². The average molecular weight is 161 g/mol. The van der Waals surface area contributed by atoms with Crippen LogP contribution in [0.4, 0.5) is 0 Å². The van der Waals surface area contributed by atoms with Crippen LogP contribution in [0.1, 0.15) is 26.7 Å². The van der Waals surface area contributed by atoms with Gasteiger partial charge in [-0.05, 0) is 32.3 Å². The van der Waals surface area contributed by atoms with Crippen molar-refractivity contribution in [2.45, 2.75) is 26.7 Å². The van der Waals surface area contributed by atoms with Crippen LogP contribution in [0.2, 0.25) is 0 Å². The Morgan fingerprint density at radius 2 is 1.83 bits per heavy atom. The molecule has 0 fully saturated rings. The minimum atomic E-state index is 0.992. The van der Waals surface area contributed by atoms with E-state index in [0.29, 0.717) is 0 Å². The summed E-state index contributed by atoms with van der Waals surface area (Å²) in [6.45, 7) is 4.26. The average Bonchev–Trinajstić information content (AvgIpc) is 2.06. The van der Waals surface area contributed by atoms with E-state index >= 15 is 0 Å². The van der Waals surface area contributed by atoms with E-state index in [9.17, 15) is 0 Å². The molecule has 0 saturated heterocycles. The van der Waals surface area contributed by atoms with Crippen molar-refractivity contribution in [3.63, 3.8) is 0 Å². The Balaban J connectivity index is 2.93. The Morgan fingerprint density at radius 1 is 1.17 bits per heavy atom. The molecule has 0 heterocycles. The van der Waals surface area contributed by atoms with Gasteiger partial charge in [-0.3, -0.25) is 0 Å². The third-order valence-corrected chi connectivity index (χ3v) is 2.05. The second-order valence-electron chi connectivity index (χ2n) is 3.31. The third kappa shape index (κ3) is 2.50. The molecule has 1 nitrogen and oxygen atoms in total. The normalized spacial score (nSPS) is 18.3. The Morgan fingerprint density at radius 3 is 2.50 bits per heavy atom. The van der Waals surface area contributed by atoms with Crippen LogP contribution in [0, 0.1) is 5.41 Å². The van der Waals surface area contributed by atoms with Crippen LogP contribution in [-0.4, -0.2) is 6.21 Å². The highest BCUT2D eigenvalue weighted by Gasteiger charge is 1.97. The van der Waals surface area contributed by atoms with E-state index in [-0.39, 0.29) is 0 Å².